The zero-order valence-corrected chi connectivity index (χ0v) is 17.7. The Balaban J connectivity index is 2.05. The Morgan fingerprint density at radius 2 is 1.96 bits per heavy atom. The highest BCUT2D eigenvalue weighted by Crippen LogP contribution is 2.27. The minimum absolute atomic E-state index is 0.0389. The van der Waals surface area contributed by atoms with Gasteiger partial charge < -0.3 is 4.74 Å². The summed E-state index contributed by atoms with van der Waals surface area (Å²) in [6, 6.07) is 15.2. The Kier molecular flexibility index (Phi) is 7.15. The maximum Gasteiger partial charge on any atom is 0.266 e. The number of nitrogens with zero attached hydrogens (tertiary/aromatic N) is 2. The molecule has 2 aromatic carbocycles. The highest BCUT2D eigenvalue weighted by molar-refractivity contribution is 7.99. The Hall–Kier alpha value is -2.27. The fraction of sp³-hybridized carbons (Fsp3) is 0.391. The van der Waals surface area contributed by atoms with Gasteiger partial charge in [-0.15, -0.1) is 0 Å². The van der Waals surface area contributed by atoms with Crippen LogP contribution in [0.1, 0.15) is 39.5 Å². The Bertz CT molecular complexity index is 984. The number of methoxy groups -OCH3 is 1. The molecule has 0 aliphatic carbocycles. The van der Waals surface area contributed by atoms with E-state index in [1.54, 1.807) is 23.4 Å². The number of thioether (sulfide) groups is 1. The van der Waals surface area contributed by atoms with Crippen LogP contribution in [0.25, 0.3) is 16.6 Å². The van der Waals surface area contributed by atoms with Crippen molar-refractivity contribution in [3.05, 3.63) is 58.9 Å². The molecule has 148 valence electrons. The summed E-state index contributed by atoms with van der Waals surface area (Å²) in [6.07, 6.45) is 4.82. The standard InChI is InChI=1S/C23H28N2O2S/c1-4-6-10-17(5-2)16-28-23-24-21-14-8-7-13-20(21)22(26)25(23)18-11-9-12-19(15-18)27-3/h7-9,11-15,17H,4-6,10,16H2,1-3H3. The normalized spacial score (nSPS) is 12.2. The van der Waals surface area contributed by atoms with E-state index in [2.05, 4.69) is 13.8 Å². The number of aromatic nitrogens is 2. The van der Waals surface area contributed by atoms with E-state index in [-0.39, 0.29) is 5.56 Å². The molecular weight excluding hydrogens is 368 g/mol. The van der Waals surface area contributed by atoms with Crippen molar-refractivity contribution in [3.8, 4) is 11.4 Å². The quantitative estimate of drug-likeness (QED) is 0.344. The lowest BCUT2D eigenvalue weighted by molar-refractivity contribution is 0.414. The number of unbranched alkanes of at least 4 members (excludes halogenated alkanes) is 1. The van der Waals surface area contributed by atoms with E-state index < -0.39 is 0 Å². The number of ether oxygens (including phenoxy) is 1. The SMILES string of the molecule is CCCCC(CC)CSc1nc2ccccc2c(=O)n1-c1cccc(OC)c1. The van der Waals surface area contributed by atoms with Crippen LogP contribution in [0, 0.1) is 5.92 Å². The molecule has 1 heterocycles. The summed E-state index contributed by atoms with van der Waals surface area (Å²) in [7, 11) is 1.63. The summed E-state index contributed by atoms with van der Waals surface area (Å²) >= 11 is 1.68. The highest BCUT2D eigenvalue weighted by atomic mass is 32.2. The lowest BCUT2D eigenvalue weighted by atomic mass is 10.0. The first-order valence-electron chi connectivity index (χ1n) is 9.97. The van der Waals surface area contributed by atoms with E-state index >= 15 is 0 Å². The van der Waals surface area contributed by atoms with Gasteiger partial charge in [-0.1, -0.05) is 63.1 Å². The van der Waals surface area contributed by atoms with Crippen molar-refractivity contribution in [1.29, 1.82) is 0 Å². The van der Waals surface area contributed by atoms with Crippen LogP contribution in [-0.4, -0.2) is 22.4 Å². The zero-order valence-electron chi connectivity index (χ0n) is 16.9. The van der Waals surface area contributed by atoms with E-state index in [9.17, 15) is 4.79 Å². The molecule has 5 heteroatoms. The Morgan fingerprint density at radius 1 is 1.14 bits per heavy atom. The van der Waals surface area contributed by atoms with Crippen molar-refractivity contribution in [1.82, 2.24) is 9.55 Å². The zero-order chi connectivity index (χ0) is 19.9. The van der Waals surface area contributed by atoms with E-state index in [1.165, 1.54) is 19.3 Å². The lowest BCUT2D eigenvalue weighted by Crippen LogP contribution is -2.22. The smallest absolute Gasteiger partial charge is 0.266 e. The van der Waals surface area contributed by atoms with Gasteiger partial charge in [0.05, 0.1) is 23.7 Å². The fourth-order valence-electron chi connectivity index (χ4n) is 3.28. The van der Waals surface area contributed by atoms with Crippen molar-refractivity contribution in [2.45, 2.75) is 44.7 Å². The first-order valence-corrected chi connectivity index (χ1v) is 11.0. The molecule has 0 amide bonds. The molecule has 0 radical (unpaired) electrons. The third-order valence-electron chi connectivity index (χ3n) is 5.05. The monoisotopic (exact) mass is 396 g/mol. The minimum atomic E-state index is -0.0389. The third kappa shape index (κ3) is 4.58. The van der Waals surface area contributed by atoms with Gasteiger partial charge in [0, 0.05) is 11.8 Å². The number of fused-ring (bicyclic) bond motifs is 1. The van der Waals surface area contributed by atoms with Crippen molar-refractivity contribution in [2.24, 2.45) is 5.92 Å². The minimum Gasteiger partial charge on any atom is -0.497 e. The molecular formula is C23H28N2O2S. The van der Waals surface area contributed by atoms with E-state index in [1.807, 2.05) is 48.5 Å². The Morgan fingerprint density at radius 3 is 2.71 bits per heavy atom. The molecule has 0 saturated carbocycles. The Labute approximate surface area is 171 Å². The molecule has 1 unspecified atom stereocenters. The molecule has 1 aromatic heterocycles. The second kappa shape index (κ2) is 9.78. The molecule has 3 aromatic rings. The second-order valence-corrected chi connectivity index (χ2v) is 7.97. The number of para-hydroxylation sites is 1. The van der Waals surface area contributed by atoms with Crippen LogP contribution in [0.15, 0.2) is 58.5 Å². The predicted molar refractivity (Wildman–Crippen MR) is 118 cm³/mol. The van der Waals surface area contributed by atoms with Crippen LogP contribution < -0.4 is 10.3 Å². The van der Waals surface area contributed by atoms with Crippen LogP contribution in [0.4, 0.5) is 0 Å². The first kappa shape index (κ1) is 20.5. The molecule has 28 heavy (non-hydrogen) atoms. The van der Waals surface area contributed by atoms with Gasteiger partial charge >= 0.3 is 0 Å². The van der Waals surface area contributed by atoms with Gasteiger partial charge in [-0.25, -0.2) is 4.98 Å². The van der Waals surface area contributed by atoms with Gasteiger partial charge in [0.15, 0.2) is 5.16 Å². The average Bonchev–Trinajstić information content (AvgIpc) is 2.74. The van der Waals surface area contributed by atoms with Crippen molar-refractivity contribution < 1.29 is 4.74 Å². The molecule has 0 fully saturated rings. The number of hydrogen-bond acceptors (Lipinski definition) is 4. The van der Waals surface area contributed by atoms with Crippen molar-refractivity contribution in [3.63, 3.8) is 0 Å². The van der Waals surface area contributed by atoms with Gasteiger partial charge in [-0.3, -0.25) is 9.36 Å². The predicted octanol–water partition coefficient (Wildman–Crippen LogP) is 5.70. The fourth-order valence-corrected chi connectivity index (χ4v) is 4.54. The summed E-state index contributed by atoms with van der Waals surface area (Å²) in [4.78, 5) is 18.1. The third-order valence-corrected chi connectivity index (χ3v) is 6.22. The van der Waals surface area contributed by atoms with Crippen molar-refractivity contribution in [2.75, 3.05) is 12.9 Å². The maximum atomic E-state index is 13.3. The lowest BCUT2D eigenvalue weighted by Gasteiger charge is -2.17. The van der Waals surface area contributed by atoms with E-state index in [0.29, 0.717) is 11.3 Å². The van der Waals surface area contributed by atoms with Gasteiger partial charge in [-0.2, -0.15) is 0 Å². The van der Waals surface area contributed by atoms with E-state index in [0.717, 1.165) is 34.3 Å². The second-order valence-electron chi connectivity index (χ2n) is 6.98. The average molecular weight is 397 g/mol. The van der Waals surface area contributed by atoms with Gasteiger partial charge in [0.2, 0.25) is 0 Å². The molecule has 0 saturated heterocycles. The van der Waals surface area contributed by atoms with Crippen LogP contribution in [0.2, 0.25) is 0 Å². The summed E-state index contributed by atoms with van der Waals surface area (Å²) in [5.74, 6) is 2.32. The molecule has 3 rings (SSSR count). The molecule has 0 bridgehead atoms. The van der Waals surface area contributed by atoms with Crippen LogP contribution in [-0.2, 0) is 0 Å². The summed E-state index contributed by atoms with van der Waals surface area (Å²) in [6.45, 7) is 4.47. The molecule has 4 nitrogen and oxygen atoms in total. The van der Waals surface area contributed by atoms with Crippen LogP contribution in [0.5, 0.6) is 5.75 Å². The van der Waals surface area contributed by atoms with Crippen LogP contribution in [0.3, 0.4) is 0 Å². The molecule has 1 atom stereocenters. The van der Waals surface area contributed by atoms with Crippen LogP contribution >= 0.6 is 11.8 Å². The topological polar surface area (TPSA) is 44.1 Å². The molecule has 0 spiro atoms. The van der Waals surface area contributed by atoms with E-state index in [4.69, 9.17) is 9.72 Å². The van der Waals surface area contributed by atoms with Gasteiger partial charge in [0.25, 0.3) is 5.56 Å². The first-order chi connectivity index (χ1) is 13.7. The number of rotatable bonds is 9. The number of hydrogen-bond donors (Lipinski definition) is 0. The summed E-state index contributed by atoms with van der Waals surface area (Å²) in [5.41, 5.74) is 1.49. The molecule has 0 aliphatic heterocycles. The van der Waals surface area contributed by atoms with Gasteiger partial charge in [0.1, 0.15) is 5.75 Å². The largest absolute Gasteiger partial charge is 0.497 e. The summed E-state index contributed by atoms with van der Waals surface area (Å²) < 4.78 is 7.09. The van der Waals surface area contributed by atoms with Gasteiger partial charge in [-0.05, 0) is 36.6 Å². The summed E-state index contributed by atoms with van der Waals surface area (Å²) in [5, 5.41) is 1.37. The number of benzene rings is 2. The van der Waals surface area contributed by atoms with Crippen molar-refractivity contribution >= 4 is 22.7 Å². The maximum absolute atomic E-state index is 13.3. The molecule has 0 aliphatic rings. The molecule has 0 N–H and O–H groups in total. The highest BCUT2D eigenvalue weighted by Gasteiger charge is 2.15.